The van der Waals surface area contributed by atoms with Gasteiger partial charge in [-0.3, -0.25) is 4.79 Å². The summed E-state index contributed by atoms with van der Waals surface area (Å²) in [7, 11) is 0. The Kier molecular flexibility index (Phi) is 6.16. The summed E-state index contributed by atoms with van der Waals surface area (Å²) in [5.74, 6) is -0.992. The lowest BCUT2D eigenvalue weighted by Crippen LogP contribution is -2.15. The second kappa shape index (κ2) is 8.57. The molecule has 0 atom stereocenters. The molecular weight excluding hydrogens is 405 g/mol. The van der Waals surface area contributed by atoms with Crippen LogP contribution in [0.15, 0.2) is 54.6 Å². The first-order valence-electron chi connectivity index (χ1n) is 8.13. The zero-order chi connectivity index (χ0) is 19.4. The largest absolute Gasteiger partial charge is 0.462 e. The highest BCUT2D eigenvalue weighted by Gasteiger charge is 2.22. The van der Waals surface area contributed by atoms with Crippen LogP contribution in [0.5, 0.6) is 0 Å². The van der Waals surface area contributed by atoms with Crippen molar-refractivity contribution < 1.29 is 14.3 Å². The van der Waals surface area contributed by atoms with Gasteiger partial charge in [0.15, 0.2) is 0 Å². The molecule has 3 rings (SSSR count). The molecule has 0 aliphatic carbocycles. The Morgan fingerprint density at radius 1 is 1.04 bits per heavy atom. The number of carbonyl (C=O) groups is 2. The summed E-state index contributed by atoms with van der Waals surface area (Å²) in [6.45, 7) is 1.96. The maximum atomic E-state index is 12.7. The molecule has 7 heteroatoms. The van der Waals surface area contributed by atoms with E-state index in [1.165, 1.54) is 11.3 Å². The van der Waals surface area contributed by atoms with Gasteiger partial charge in [0.25, 0.3) is 5.91 Å². The van der Waals surface area contributed by atoms with Crippen LogP contribution in [0.1, 0.15) is 27.6 Å². The molecule has 1 aromatic heterocycles. The van der Waals surface area contributed by atoms with Gasteiger partial charge in [0.1, 0.15) is 5.00 Å². The van der Waals surface area contributed by atoms with Crippen molar-refractivity contribution in [1.29, 1.82) is 0 Å². The number of hydrogen-bond donors (Lipinski definition) is 1. The SMILES string of the molecule is CCOC(=O)c1cc(-c2ccccc2)sc1NC(=O)c1c(Cl)cccc1Cl. The minimum Gasteiger partial charge on any atom is -0.462 e. The van der Waals surface area contributed by atoms with Gasteiger partial charge < -0.3 is 10.1 Å². The molecule has 0 saturated heterocycles. The zero-order valence-corrected chi connectivity index (χ0v) is 16.6. The van der Waals surface area contributed by atoms with E-state index in [1.54, 1.807) is 31.2 Å². The van der Waals surface area contributed by atoms with E-state index >= 15 is 0 Å². The van der Waals surface area contributed by atoms with Crippen molar-refractivity contribution >= 4 is 51.4 Å². The maximum absolute atomic E-state index is 12.7. The van der Waals surface area contributed by atoms with Gasteiger partial charge in [0, 0.05) is 4.88 Å². The third-order valence-electron chi connectivity index (χ3n) is 3.70. The first kappa shape index (κ1) is 19.4. The molecular formula is C20H15Cl2NO3S. The van der Waals surface area contributed by atoms with E-state index < -0.39 is 11.9 Å². The molecule has 0 saturated carbocycles. The molecule has 138 valence electrons. The number of hydrogen-bond acceptors (Lipinski definition) is 4. The number of benzene rings is 2. The van der Waals surface area contributed by atoms with E-state index in [2.05, 4.69) is 5.32 Å². The smallest absolute Gasteiger partial charge is 0.341 e. The Hall–Kier alpha value is -2.34. The molecule has 0 aliphatic heterocycles. The third kappa shape index (κ3) is 4.33. The van der Waals surface area contributed by atoms with Crippen molar-refractivity contribution in [3.63, 3.8) is 0 Å². The second-order valence-electron chi connectivity index (χ2n) is 5.49. The Morgan fingerprint density at radius 3 is 2.33 bits per heavy atom. The number of esters is 1. The van der Waals surface area contributed by atoms with Crippen molar-refractivity contribution in [2.75, 3.05) is 11.9 Å². The number of nitrogens with one attached hydrogen (secondary N) is 1. The summed E-state index contributed by atoms with van der Waals surface area (Å²) < 4.78 is 5.12. The van der Waals surface area contributed by atoms with Gasteiger partial charge in [-0.1, -0.05) is 59.6 Å². The molecule has 0 spiro atoms. The van der Waals surface area contributed by atoms with Crippen LogP contribution in [-0.4, -0.2) is 18.5 Å². The minimum absolute atomic E-state index is 0.158. The fourth-order valence-electron chi connectivity index (χ4n) is 2.47. The fourth-order valence-corrected chi connectivity index (χ4v) is 4.09. The van der Waals surface area contributed by atoms with Gasteiger partial charge >= 0.3 is 5.97 Å². The van der Waals surface area contributed by atoms with E-state index in [9.17, 15) is 9.59 Å². The van der Waals surface area contributed by atoms with Crippen LogP contribution in [0.25, 0.3) is 10.4 Å². The Morgan fingerprint density at radius 2 is 1.70 bits per heavy atom. The molecule has 2 aromatic carbocycles. The van der Waals surface area contributed by atoms with Crippen molar-refractivity contribution in [3.8, 4) is 10.4 Å². The number of anilines is 1. The van der Waals surface area contributed by atoms with Crippen LogP contribution in [-0.2, 0) is 4.74 Å². The predicted molar refractivity (Wildman–Crippen MR) is 110 cm³/mol. The first-order valence-corrected chi connectivity index (χ1v) is 9.70. The number of ether oxygens (including phenoxy) is 1. The molecule has 1 amide bonds. The van der Waals surface area contributed by atoms with Crippen LogP contribution in [0.4, 0.5) is 5.00 Å². The first-order chi connectivity index (χ1) is 13.0. The number of thiophene rings is 1. The normalized spacial score (nSPS) is 10.5. The lowest BCUT2D eigenvalue weighted by molar-refractivity contribution is 0.0528. The second-order valence-corrected chi connectivity index (χ2v) is 7.36. The van der Waals surface area contributed by atoms with Gasteiger partial charge in [-0.15, -0.1) is 11.3 Å². The van der Waals surface area contributed by atoms with Gasteiger partial charge in [-0.05, 0) is 30.7 Å². The van der Waals surface area contributed by atoms with E-state index in [4.69, 9.17) is 27.9 Å². The summed E-state index contributed by atoms with van der Waals surface area (Å²) >= 11 is 13.5. The summed E-state index contributed by atoms with van der Waals surface area (Å²) in [5.41, 5.74) is 1.38. The van der Waals surface area contributed by atoms with Crippen molar-refractivity contribution in [1.82, 2.24) is 0 Å². The molecule has 0 bridgehead atoms. The van der Waals surface area contributed by atoms with E-state index in [0.29, 0.717) is 5.00 Å². The summed E-state index contributed by atoms with van der Waals surface area (Å²) in [6.07, 6.45) is 0. The van der Waals surface area contributed by atoms with Gasteiger partial charge in [-0.2, -0.15) is 0 Å². The standard InChI is InChI=1S/C20H15Cl2NO3S/c1-2-26-20(25)13-11-16(12-7-4-3-5-8-12)27-19(13)23-18(24)17-14(21)9-6-10-15(17)22/h3-11H,2H2,1H3,(H,23,24). The molecule has 0 unspecified atom stereocenters. The highest BCUT2D eigenvalue weighted by atomic mass is 35.5. The quantitative estimate of drug-likeness (QED) is 0.504. The van der Waals surface area contributed by atoms with Crippen LogP contribution in [0.2, 0.25) is 10.0 Å². The summed E-state index contributed by atoms with van der Waals surface area (Å²) in [6, 6.07) is 16.1. The van der Waals surface area contributed by atoms with Crippen LogP contribution in [0.3, 0.4) is 0 Å². The maximum Gasteiger partial charge on any atom is 0.341 e. The molecule has 0 radical (unpaired) electrons. The number of amides is 1. The van der Waals surface area contributed by atoms with Gasteiger partial charge in [0.05, 0.1) is 27.8 Å². The third-order valence-corrected chi connectivity index (χ3v) is 5.43. The number of rotatable bonds is 5. The monoisotopic (exact) mass is 419 g/mol. The Bertz CT molecular complexity index is 966. The van der Waals surface area contributed by atoms with Gasteiger partial charge in [0.2, 0.25) is 0 Å². The van der Waals surface area contributed by atoms with Crippen molar-refractivity contribution in [2.24, 2.45) is 0 Å². The van der Waals surface area contributed by atoms with Crippen LogP contribution in [0, 0.1) is 0 Å². The zero-order valence-electron chi connectivity index (χ0n) is 14.3. The molecule has 1 N–H and O–H groups in total. The van der Waals surface area contributed by atoms with Gasteiger partial charge in [-0.25, -0.2) is 4.79 Å². The average molecular weight is 420 g/mol. The topological polar surface area (TPSA) is 55.4 Å². The molecule has 1 heterocycles. The molecule has 3 aromatic rings. The number of halogens is 2. The molecule has 4 nitrogen and oxygen atoms in total. The summed E-state index contributed by atoms with van der Waals surface area (Å²) in [5, 5.41) is 3.60. The van der Waals surface area contributed by atoms with Crippen molar-refractivity contribution in [3.05, 3.63) is 75.8 Å². The predicted octanol–water partition coefficient (Wildman–Crippen LogP) is 6.15. The summed E-state index contributed by atoms with van der Waals surface area (Å²) in [4.78, 5) is 25.9. The van der Waals surface area contributed by atoms with Crippen molar-refractivity contribution in [2.45, 2.75) is 6.92 Å². The number of carbonyl (C=O) groups excluding carboxylic acids is 2. The molecule has 0 fully saturated rings. The average Bonchev–Trinajstić information content (AvgIpc) is 3.06. The Labute approximate surface area is 170 Å². The van der Waals surface area contributed by atoms with E-state index in [-0.39, 0.29) is 27.8 Å². The molecule has 27 heavy (non-hydrogen) atoms. The Balaban J connectivity index is 1.99. The lowest BCUT2D eigenvalue weighted by Gasteiger charge is -2.08. The minimum atomic E-state index is -0.503. The van der Waals surface area contributed by atoms with E-state index in [1.807, 2.05) is 30.3 Å². The lowest BCUT2D eigenvalue weighted by atomic mass is 10.1. The molecule has 0 aliphatic rings. The highest BCUT2D eigenvalue weighted by Crippen LogP contribution is 2.37. The van der Waals surface area contributed by atoms with E-state index in [0.717, 1.165) is 10.4 Å². The van der Waals surface area contributed by atoms with Crippen LogP contribution >= 0.6 is 34.5 Å². The highest BCUT2D eigenvalue weighted by molar-refractivity contribution is 7.20. The fraction of sp³-hybridized carbons (Fsp3) is 0.100. The van der Waals surface area contributed by atoms with Crippen LogP contribution < -0.4 is 5.32 Å².